The maximum Gasteiger partial charge on any atom is 0.0122 e. The molecule has 0 atom stereocenters. The smallest absolute Gasteiger partial charge is 0.0122 e. The lowest BCUT2D eigenvalue weighted by Gasteiger charge is -2.42. The van der Waals surface area contributed by atoms with Gasteiger partial charge in [-0.05, 0) is 40.8 Å². The first-order valence-electron chi connectivity index (χ1n) is 4.79. The van der Waals surface area contributed by atoms with E-state index in [9.17, 15) is 0 Å². The molecular formula is C10H22N2. The van der Waals surface area contributed by atoms with Crippen LogP contribution in [-0.2, 0) is 0 Å². The van der Waals surface area contributed by atoms with Crippen LogP contribution in [0.4, 0.5) is 0 Å². The molecule has 1 fully saturated rings. The third-order valence-corrected chi connectivity index (χ3v) is 2.82. The van der Waals surface area contributed by atoms with Crippen LogP contribution in [0, 0.1) is 5.92 Å². The maximum absolute atomic E-state index is 2.45. The molecule has 1 aliphatic heterocycles. The van der Waals surface area contributed by atoms with Crippen LogP contribution in [0.5, 0.6) is 0 Å². The van der Waals surface area contributed by atoms with Crippen molar-refractivity contribution in [3.05, 3.63) is 0 Å². The molecule has 0 N–H and O–H groups in total. The summed E-state index contributed by atoms with van der Waals surface area (Å²) in [5.41, 5.74) is 0.328. The number of hydrogen-bond acceptors (Lipinski definition) is 2. The van der Waals surface area contributed by atoms with Gasteiger partial charge in [-0.3, -0.25) is 0 Å². The third kappa shape index (κ3) is 2.46. The number of hydrogen-bond donors (Lipinski definition) is 0. The second-order valence-corrected chi connectivity index (χ2v) is 5.14. The Hall–Kier alpha value is -0.0800. The Morgan fingerprint density at radius 1 is 1.33 bits per heavy atom. The van der Waals surface area contributed by atoms with Crippen LogP contribution in [0.25, 0.3) is 0 Å². The SMILES string of the molecule is CN1CC(CN(C)C(C)(C)C)C1. The normalized spacial score (nSPS) is 21.5. The van der Waals surface area contributed by atoms with Crippen molar-refractivity contribution in [3.63, 3.8) is 0 Å². The van der Waals surface area contributed by atoms with Gasteiger partial charge in [-0.25, -0.2) is 0 Å². The summed E-state index contributed by atoms with van der Waals surface area (Å²) in [6, 6.07) is 0. The van der Waals surface area contributed by atoms with E-state index in [-0.39, 0.29) is 0 Å². The predicted octanol–water partition coefficient (Wildman–Crippen LogP) is 1.28. The Morgan fingerprint density at radius 2 is 1.83 bits per heavy atom. The summed E-state index contributed by atoms with van der Waals surface area (Å²) in [4.78, 5) is 4.83. The molecule has 1 saturated heterocycles. The zero-order valence-corrected chi connectivity index (χ0v) is 9.09. The highest BCUT2D eigenvalue weighted by Gasteiger charge is 2.27. The predicted molar refractivity (Wildman–Crippen MR) is 53.4 cm³/mol. The van der Waals surface area contributed by atoms with Crippen molar-refractivity contribution in [2.24, 2.45) is 5.92 Å². The Balaban J connectivity index is 2.23. The van der Waals surface area contributed by atoms with Gasteiger partial charge in [0.2, 0.25) is 0 Å². The molecule has 0 bridgehead atoms. The molecule has 0 aromatic carbocycles. The highest BCUT2D eigenvalue weighted by molar-refractivity contribution is 4.82. The molecular weight excluding hydrogens is 148 g/mol. The lowest BCUT2D eigenvalue weighted by molar-refractivity contribution is 0.0656. The summed E-state index contributed by atoms with van der Waals surface area (Å²) >= 11 is 0. The topological polar surface area (TPSA) is 6.48 Å². The summed E-state index contributed by atoms with van der Waals surface area (Å²) in [6.45, 7) is 10.6. The maximum atomic E-state index is 2.45. The van der Waals surface area contributed by atoms with Crippen molar-refractivity contribution in [3.8, 4) is 0 Å². The van der Waals surface area contributed by atoms with Gasteiger partial charge in [0.15, 0.2) is 0 Å². The monoisotopic (exact) mass is 170 g/mol. The molecule has 72 valence electrons. The van der Waals surface area contributed by atoms with Gasteiger partial charge in [-0.1, -0.05) is 0 Å². The average molecular weight is 170 g/mol. The van der Waals surface area contributed by atoms with Gasteiger partial charge in [0.05, 0.1) is 0 Å². The molecule has 0 radical (unpaired) electrons. The summed E-state index contributed by atoms with van der Waals surface area (Å²) in [5.74, 6) is 0.902. The molecule has 1 aliphatic rings. The standard InChI is InChI=1S/C10H22N2/c1-10(2,3)12(5)8-9-6-11(4)7-9/h9H,6-8H2,1-5H3. The molecule has 0 aliphatic carbocycles. The number of rotatable bonds is 2. The Bertz CT molecular complexity index is 142. The van der Waals surface area contributed by atoms with E-state index in [1.807, 2.05) is 0 Å². The van der Waals surface area contributed by atoms with Crippen LogP contribution in [0.3, 0.4) is 0 Å². The lowest BCUT2D eigenvalue weighted by Crippen LogP contribution is -2.51. The van der Waals surface area contributed by atoms with Crippen LogP contribution in [0.2, 0.25) is 0 Å². The van der Waals surface area contributed by atoms with E-state index in [2.05, 4.69) is 44.7 Å². The van der Waals surface area contributed by atoms with Crippen LogP contribution in [-0.4, -0.2) is 49.1 Å². The summed E-state index contributed by atoms with van der Waals surface area (Å²) < 4.78 is 0. The summed E-state index contributed by atoms with van der Waals surface area (Å²) in [5, 5.41) is 0. The number of likely N-dealkylation sites (tertiary alicyclic amines) is 1. The minimum Gasteiger partial charge on any atom is -0.306 e. The summed E-state index contributed by atoms with van der Waals surface area (Å²) in [7, 11) is 4.41. The van der Waals surface area contributed by atoms with Crippen molar-refractivity contribution >= 4 is 0 Å². The van der Waals surface area contributed by atoms with Gasteiger partial charge < -0.3 is 9.80 Å². The summed E-state index contributed by atoms with van der Waals surface area (Å²) in [6.07, 6.45) is 0. The van der Waals surface area contributed by atoms with Crippen LogP contribution in [0.1, 0.15) is 20.8 Å². The van der Waals surface area contributed by atoms with Crippen molar-refractivity contribution < 1.29 is 0 Å². The van der Waals surface area contributed by atoms with Crippen LogP contribution < -0.4 is 0 Å². The molecule has 12 heavy (non-hydrogen) atoms. The molecule has 0 aromatic rings. The lowest BCUT2D eigenvalue weighted by atomic mass is 9.98. The quantitative estimate of drug-likeness (QED) is 0.616. The van der Waals surface area contributed by atoms with Crippen molar-refractivity contribution in [1.82, 2.24) is 9.80 Å². The Morgan fingerprint density at radius 3 is 2.17 bits per heavy atom. The van der Waals surface area contributed by atoms with Gasteiger partial charge in [-0.2, -0.15) is 0 Å². The fourth-order valence-electron chi connectivity index (χ4n) is 1.60. The van der Waals surface area contributed by atoms with E-state index in [4.69, 9.17) is 0 Å². The minimum atomic E-state index is 0.328. The zero-order valence-electron chi connectivity index (χ0n) is 9.09. The van der Waals surface area contributed by atoms with E-state index in [1.165, 1.54) is 19.6 Å². The first-order chi connectivity index (χ1) is 5.39. The first-order valence-corrected chi connectivity index (χ1v) is 4.79. The van der Waals surface area contributed by atoms with Gasteiger partial charge in [0.25, 0.3) is 0 Å². The molecule has 0 unspecified atom stereocenters. The van der Waals surface area contributed by atoms with E-state index < -0.39 is 0 Å². The Kier molecular flexibility index (Phi) is 2.79. The van der Waals surface area contributed by atoms with Crippen molar-refractivity contribution in [2.45, 2.75) is 26.3 Å². The second kappa shape index (κ2) is 3.35. The molecule has 1 heterocycles. The molecule has 0 saturated carbocycles. The Labute approximate surface area is 76.5 Å². The molecule has 2 heteroatoms. The molecule has 0 aromatic heterocycles. The van der Waals surface area contributed by atoms with E-state index >= 15 is 0 Å². The van der Waals surface area contributed by atoms with Gasteiger partial charge >= 0.3 is 0 Å². The average Bonchev–Trinajstić information content (AvgIpc) is 1.82. The van der Waals surface area contributed by atoms with Gasteiger partial charge in [0, 0.05) is 25.2 Å². The zero-order chi connectivity index (χ0) is 9.35. The second-order valence-electron chi connectivity index (χ2n) is 5.14. The van der Waals surface area contributed by atoms with Crippen LogP contribution >= 0.6 is 0 Å². The molecule has 0 spiro atoms. The third-order valence-electron chi connectivity index (χ3n) is 2.82. The largest absolute Gasteiger partial charge is 0.306 e. The van der Waals surface area contributed by atoms with Crippen molar-refractivity contribution in [1.29, 1.82) is 0 Å². The van der Waals surface area contributed by atoms with Crippen molar-refractivity contribution in [2.75, 3.05) is 33.7 Å². The molecule has 2 nitrogen and oxygen atoms in total. The fourth-order valence-corrected chi connectivity index (χ4v) is 1.60. The first kappa shape index (κ1) is 10.0. The molecule has 0 amide bonds. The molecule has 1 rings (SSSR count). The van der Waals surface area contributed by atoms with E-state index in [0.717, 1.165) is 5.92 Å². The van der Waals surface area contributed by atoms with Crippen LogP contribution in [0.15, 0.2) is 0 Å². The highest BCUT2D eigenvalue weighted by Crippen LogP contribution is 2.18. The van der Waals surface area contributed by atoms with E-state index in [0.29, 0.717) is 5.54 Å². The fraction of sp³-hybridized carbons (Fsp3) is 1.00. The van der Waals surface area contributed by atoms with Gasteiger partial charge in [0.1, 0.15) is 0 Å². The number of nitrogens with zero attached hydrogens (tertiary/aromatic N) is 2. The minimum absolute atomic E-state index is 0.328. The van der Waals surface area contributed by atoms with E-state index in [1.54, 1.807) is 0 Å². The van der Waals surface area contributed by atoms with Gasteiger partial charge in [-0.15, -0.1) is 0 Å². The highest BCUT2D eigenvalue weighted by atomic mass is 15.2.